The van der Waals surface area contributed by atoms with E-state index in [9.17, 15) is 23.1 Å². The molecule has 0 fully saturated rings. The van der Waals surface area contributed by atoms with E-state index in [0.717, 1.165) is 11.3 Å². The second-order valence-corrected chi connectivity index (χ2v) is 8.13. The standard InChI is InChI=1S/C22H18F3N5O2S/c23-14-6-4-13(5-7-14)19-10-26-22(33-19)20-15(2-1-3-16(20)24)21(32)28-18(17(25)12-31)11-30-9-8-27-29-30/h1-10,17-18,31H,11-12H2,(H,28,32)/t17-,18-/m1/s1. The van der Waals surface area contributed by atoms with Crippen LogP contribution in [0.1, 0.15) is 10.4 Å². The number of alkyl halides is 1. The van der Waals surface area contributed by atoms with Crippen LogP contribution >= 0.6 is 11.3 Å². The van der Waals surface area contributed by atoms with Crippen molar-refractivity contribution in [3.8, 4) is 21.0 Å². The highest BCUT2D eigenvalue weighted by atomic mass is 32.1. The van der Waals surface area contributed by atoms with E-state index in [4.69, 9.17) is 0 Å². The molecule has 0 saturated carbocycles. The summed E-state index contributed by atoms with van der Waals surface area (Å²) in [7, 11) is 0. The highest BCUT2D eigenvalue weighted by Gasteiger charge is 2.26. The summed E-state index contributed by atoms with van der Waals surface area (Å²) < 4.78 is 43.7. The van der Waals surface area contributed by atoms with Crippen LogP contribution in [0, 0.1) is 11.6 Å². The van der Waals surface area contributed by atoms with Gasteiger partial charge in [-0.3, -0.25) is 9.48 Å². The first kappa shape index (κ1) is 22.6. The molecule has 2 N–H and O–H groups in total. The van der Waals surface area contributed by atoms with Gasteiger partial charge in [-0.15, -0.1) is 16.4 Å². The molecular formula is C22H18F3N5O2S. The Morgan fingerprint density at radius 2 is 1.97 bits per heavy atom. The molecule has 2 heterocycles. The minimum absolute atomic E-state index is 0.0349. The zero-order valence-corrected chi connectivity index (χ0v) is 17.8. The summed E-state index contributed by atoms with van der Waals surface area (Å²) in [5.41, 5.74) is 0.620. The van der Waals surface area contributed by atoms with Crippen molar-refractivity contribution in [3.63, 3.8) is 0 Å². The Kier molecular flexibility index (Phi) is 6.80. The van der Waals surface area contributed by atoms with Crippen molar-refractivity contribution in [3.05, 3.63) is 78.3 Å². The third-order valence-corrected chi connectivity index (χ3v) is 5.95. The molecule has 11 heteroatoms. The normalized spacial score (nSPS) is 13.0. The molecule has 4 rings (SSSR count). The van der Waals surface area contributed by atoms with Gasteiger partial charge in [-0.25, -0.2) is 18.2 Å². The number of nitrogens with one attached hydrogen (secondary N) is 1. The van der Waals surface area contributed by atoms with Gasteiger partial charge in [0.2, 0.25) is 0 Å². The summed E-state index contributed by atoms with van der Waals surface area (Å²) in [4.78, 5) is 17.9. The number of rotatable bonds is 8. The number of aromatic nitrogens is 4. The summed E-state index contributed by atoms with van der Waals surface area (Å²) in [6, 6.07) is 8.61. The zero-order chi connectivity index (χ0) is 23.4. The van der Waals surface area contributed by atoms with Crippen molar-refractivity contribution in [2.75, 3.05) is 6.61 Å². The number of nitrogens with zero attached hydrogens (tertiary/aromatic N) is 4. The SMILES string of the molecule is O=C(N[C@H](Cn1ccnn1)[C@H](F)CO)c1cccc(F)c1-c1ncc(-c2ccc(F)cc2)s1. The minimum atomic E-state index is -1.78. The largest absolute Gasteiger partial charge is 0.393 e. The molecular weight excluding hydrogens is 455 g/mol. The van der Waals surface area contributed by atoms with Gasteiger partial charge < -0.3 is 10.4 Å². The van der Waals surface area contributed by atoms with Crippen LogP contribution in [-0.2, 0) is 6.54 Å². The fourth-order valence-corrected chi connectivity index (χ4v) is 4.21. The van der Waals surface area contributed by atoms with Crippen LogP contribution in [-0.4, -0.2) is 49.8 Å². The number of halogens is 3. The lowest BCUT2D eigenvalue weighted by molar-refractivity contribution is 0.0849. The van der Waals surface area contributed by atoms with E-state index in [-0.39, 0.29) is 28.5 Å². The zero-order valence-electron chi connectivity index (χ0n) is 17.0. The van der Waals surface area contributed by atoms with Crippen molar-refractivity contribution in [2.24, 2.45) is 0 Å². The molecule has 0 aliphatic carbocycles. The molecule has 1 amide bonds. The second kappa shape index (κ2) is 9.92. The van der Waals surface area contributed by atoms with Crippen LogP contribution in [0.25, 0.3) is 21.0 Å². The molecule has 7 nitrogen and oxygen atoms in total. The van der Waals surface area contributed by atoms with Crippen molar-refractivity contribution >= 4 is 17.2 Å². The summed E-state index contributed by atoms with van der Waals surface area (Å²) in [5.74, 6) is -1.79. The summed E-state index contributed by atoms with van der Waals surface area (Å²) in [5, 5.41) is 19.4. The number of hydrogen-bond acceptors (Lipinski definition) is 6. The Balaban J connectivity index is 1.63. The summed E-state index contributed by atoms with van der Waals surface area (Å²) in [6.45, 7) is -0.896. The molecule has 33 heavy (non-hydrogen) atoms. The van der Waals surface area contributed by atoms with E-state index in [2.05, 4.69) is 20.6 Å². The van der Waals surface area contributed by atoms with E-state index in [1.165, 1.54) is 53.6 Å². The number of aliphatic hydroxyl groups excluding tert-OH is 1. The van der Waals surface area contributed by atoms with Gasteiger partial charge in [0.15, 0.2) is 0 Å². The first-order valence-electron chi connectivity index (χ1n) is 9.87. The molecule has 2 aromatic carbocycles. The maximum Gasteiger partial charge on any atom is 0.252 e. The predicted octanol–water partition coefficient (Wildman–Crippen LogP) is 3.48. The highest BCUT2D eigenvalue weighted by molar-refractivity contribution is 7.18. The third-order valence-electron chi connectivity index (χ3n) is 4.89. The summed E-state index contributed by atoms with van der Waals surface area (Å²) in [6.07, 6.45) is 2.62. The molecule has 2 aromatic heterocycles. The Hall–Kier alpha value is -3.57. The molecule has 4 aromatic rings. The fraction of sp³-hybridized carbons (Fsp3) is 0.182. The highest BCUT2D eigenvalue weighted by Crippen LogP contribution is 2.35. The lowest BCUT2D eigenvalue weighted by Crippen LogP contribution is -2.46. The minimum Gasteiger partial charge on any atom is -0.393 e. The predicted molar refractivity (Wildman–Crippen MR) is 116 cm³/mol. The lowest BCUT2D eigenvalue weighted by Gasteiger charge is -2.21. The van der Waals surface area contributed by atoms with E-state index in [1.807, 2.05) is 0 Å². The molecule has 170 valence electrons. The number of aliphatic hydroxyl groups is 1. The van der Waals surface area contributed by atoms with Crippen molar-refractivity contribution in [1.29, 1.82) is 0 Å². The Morgan fingerprint density at radius 3 is 2.67 bits per heavy atom. The monoisotopic (exact) mass is 473 g/mol. The number of thiazole rings is 1. The number of carbonyl (C=O) groups excluding carboxylic acids is 1. The number of amides is 1. The van der Waals surface area contributed by atoms with E-state index < -0.39 is 30.5 Å². The molecule has 2 atom stereocenters. The van der Waals surface area contributed by atoms with Crippen LogP contribution in [0.3, 0.4) is 0 Å². The quantitative estimate of drug-likeness (QED) is 0.409. The average molecular weight is 473 g/mol. The van der Waals surface area contributed by atoms with Gasteiger partial charge in [0.25, 0.3) is 5.91 Å². The van der Waals surface area contributed by atoms with Gasteiger partial charge >= 0.3 is 0 Å². The molecule has 0 aliphatic heterocycles. The topological polar surface area (TPSA) is 92.9 Å². The maximum absolute atomic E-state index is 14.8. The van der Waals surface area contributed by atoms with Crippen LogP contribution < -0.4 is 5.32 Å². The Bertz CT molecular complexity index is 1230. The van der Waals surface area contributed by atoms with Crippen LogP contribution in [0.15, 0.2) is 61.1 Å². The molecule has 0 radical (unpaired) electrons. The van der Waals surface area contributed by atoms with E-state index >= 15 is 0 Å². The van der Waals surface area contributed by atoms with Crippen molar-refractivity contribution < 1.29 is 23.1 Å². The molecule has 0 saturated heterocycles. The van der Waals surface area contributed by atoms with Gasteiger partial charge in [-0.2, -0.15) is 0 Å². The molecule has 0 unspecified atom stereocenters. The summed E-state index contributed by atoms with van der Waals surface area (Å²) >= 11 is 1.13. The van der Waals surface area contributed by atoms with E-state index in [0.29, 0.717) is 10.4 Å². The second-order valence-electron chi connectivity index (χ2n) is 7.10. The molecule has 0 bridgehead atoms. The van der Waals surface area contributed by atoms with Gasteiger partial charge in [0.05, 0.1) is 41.4 Å². The van der Waals surface area contributed by atoms with Crippen LogP contribution in [0.5, 0.6) is 0 Å². The Labute approximate surface area is 190 Å². The van der Waals surface area contributed by atoms with E-state index in [1.54, 1.807) is 12.1 Å². The lowest BCUT2D eigenvalue weighted by atomic mass is 10.1. The van der Waals surface area contributed by atoms with Gasteiger partial charge in [0, 0.05) is 12.4 Å². The van der Waals surface area contributed by atoms with Crippen molar-refractivity contribution in [2.45, 2.75) is 18.8 Å². The van der Waals surface area contributed by atoms with Gasteiger partial charge in [-0.05, 0) is 29.8 Å². The van der Waals surface area contributed by atoms with Gasteiger partial charge in [0.1, 0.15) is 22.8 Å². The average Bonchev–Trinajstić information content (AvgIpc) is 3.51. The van der Waals surface area contributed by atoms with Crippen LogP contribution in [0.4, 0.5) is 13.2 Å². The smallest absolute Gasteiger partial charge is 0.252 e. The number of hydrogen-bond donors (Lipinski definition) is 2. The number of benzene rings is 2. The van der Waals surface area contributed by atoms with Gasteiger partial charge in [-0.1, -0.05) is 23.4 Å². The first-order chi connectivity index (χ1) is 16.0. The third kappa shape index (κ3) is 5.10. The molecule has 0 aliphatic rings. The Morgan fingerprint density at radius 1 is 1.18 bits per heavy atom. The van der Waals surface area contributed by atoms with Crippen LogP contribution in [0.2, 0.25) is 0 Å². The first-order valence-corrected chi connectivity index (χ1v) is 10.7. The maximum atomic E-state index is 14.8. The number of carbonyl (C=O) groups is 1. The fourth-order valence-electron chi connectivity index (χ4n) is 3.22. The van der Waals surface area contributed by atoms with Crippen molar-refractivity contribution in [1.82, 2.24) is 25.3 Å². The molecule has 0 spiro atoms.